The molecular formula is C10H11N3O2. The number of non-ortho nitro benzene ring substituents is 1. The van der Waals surface area contributed by atoms with Gasteiger partial charge in [-0.1, -0.05) is 0 Å². The van der Waals surface area contributed by atoms with Gasteiger partial charge in [0.2, 0.25) is 0 Å². The SMILES string of the molecule is N=C1CCCN1c1ccc([N+](=O)[O-])cc1. The molecule has 2 rings (SSSR count). The summed E-state index contributed by atoms with van der Waals surface area (Å²) in [6.07, 6.45) is 1.77. The lowest BCUT2D eigenvalue weighted by atomic mass is 10.2. The maximum atomic E-state index is 10.4. The van der Waals surface area contributed by atoms with Gasteiger partial charge in [0.15, 0.2) is 0 Å². The van der Waals surface area contributed by atoms with E-state index in [9.17, 15) is 10.1 Å². The Morgan fingerprint density at radius 3 is 2.47 bits per heavy atom. The number of rotatable bonds is 2. The summed E-state index contributed by atoms with van der Waals surface area (Å²) >= 11 is 0. The largest absolute Gasteiger partial charge is 0.330 e. The van der Waals surface area contributed by atoms with E-state index < -0.39 is 4.92 Å². The van der Waals surface area contributed by atoms with E-state index in [4.69, 9.17) is 5.41 Å². The van der Waals surface area contributed by atoms with Crippen molar-refractivity contribution in [3.8, 4) is 0 Å². The summed E-state index contributed by atoms with van der Waals surface area (Å²) in [4.78, 5) is 11.9. The van der Waals surface area contributed by atoms with E-state index in [1.54, 1.807) is 12.1 Å². The topological polar surface area (TPSA) is 70.2 Å². The molecule has 5 nitrogen and oxygen atoms in total. The van der Waals surface area contributed by atoms with Crippen LogP contribution in [-0.2, 0) is 0 Å². The number of hydrogen-bond acceptors (Lipinski definition) is 3. The second kappa shape index (κ2) is 3.68. The average Bonchev–Trinajstić information content (AvgIpc) is 2.65. The Bertz CT molecular complexity index is 400. The molecule has 0 aliphatic carbocycles. The zero-order valence-corrected chi connectivity index (χ0v) is 8.14. The molecule has 1 fully saturated rings. The third-order valence-corrected chi connectivity index (χ3v) is 2.49. The Kier molecular flexibility index (Phi) is 2.37. The number of amidine groups is 1. The van der Waals surface area contributed by atoms with Crippen molar-refractivity contribution in [1.29, 1.82) is 5.41 Å². The number of hydrogen-bond donors (Lipinski definition) is 1. The van der Waals surface area contributed by atoms with Gasteiger partial charge >= 0.3 is 0 Å². The van der Waals surface area contributed by atoms with Crippen LogP contribution in [-0.4, -0.2) is 17.3 Å². The van der Waals surface area contributed by atoms with Crippen LogP contribution in [0.5, 0.6) is 0 Å². The van der Waals surface area contributed by atoms with Gasteiger partial charge in [0.25, 0.3) is 5.69 Å². The maximum absolute atomic E-state index is 10.4. The van der Waals surface area contributed by atoms with Gasteiger partial charge < -0.3 is 4.90 Å². The molecule has 0 bridgehead atoms. The highest BCUT2D eigenvalue weighted by Gasteiger charge is 2.18. The zero-order valence-electron chi connectivity index (χ0n) is 8.14. The molecule has 0 spiro atoms. The first-order valence-electron chi connectivity index (χ1n) is 4.78. The summed E-state index contributed by atoms with van der Waals surface area (Å²) in [5.74, 6) is 0.587. The molecule has 0 unspecified atom stereocenters. The lowest BCUT2D eigenvalue weighted by Gasteiger charge is -2.17. The first kappa shape index (κ1) is 9.64. The van der Waals surface area contributed by atoms with Crippen LogP contribution in [0.3, 0.4) is 0 Å². The van der Waals surface area contributed by atoms with Gasteiger partial charge in [-0.3, -0.25) is 15.5 Å². The number of nitrogens with one attached hydrogen (secondary N) is 1. The van der Waals surface area contributed by atoms with E-state index >= 15 is 0 Å². The minimum atomic E-state index is -0.418. The molecule has 5 heteroatoms. The van der Waals surface area contributed by atoms with Crippen LogP contribution >= 0.6 is 0 Å². The fraction of sp³-hybridized carbons (Fsp3) is 0.300. The minimum absolute atomic E-state index is 0.0875. The molecule has 0 saturated carbocycles. The lowest BCUT2D eigenvalue weighted by Crippen LogP contribution is -2.22. The Hall–Kier alpha value is -1.91. The van der Waals surface area contributed by atoms with Gasteiger partial charge in [0, 0.05) is 30.8 Å². The molecule has 1 heterocycles. The van der Waals surface area contributed by atoms with Crippen molar-refractivity contribution in [2.45, 2.75) is 12.8 Å². The summed E-state index contributed by atoms with van der Waals surface area (Å²) in [6.45, 7) is 0.830. The highest BCUT2D eigenvalue weighted by atomic mass is 16.6. The Balaban J connectivity index is 2.23. The van der Waals surface area contributed by atoms with Gasteiger partial charge in [-0.15, -0.1) is 0 Å². The molecule has 15 heavy (non-hydrogen) atoms. The number of benzene rings is 1. The molecule has 1 saturated heterocycles. The first-order chi connectivity index (χ1) is 7.18. The standard InChI is InChI=1S/C10H11N3O2/c11-10-2-1-7-12(10)8-3-5-9(6-4-8)13(14)15/h3-6,11H,1-2,7H2. The van der Waals surface area contributed by atoms with E-state index in [1.807, 2.05) is 4.90 Å². The fourth-order valence-electron chi connectivity index (χ4n) is 1.71. The van der Waals surface area contributed by atoms with E-state index in [1.165, 1.54) is 12.1 Å². The van der Waals surface area contributed by atoms with Crippen molar-refractivity contribution < 1.29 is 4.92 Å². The summed E-state index contributed by atoms with van der Waals surface area (Å²) in [5.41, 5.74) is 0.951. The van der Waals surface area contributed by atoms with E-state index in [0.29, 0.717) is 5.84 Å². The van der Waals surface area contributed by atoms with Gasteiger partial charge in [-0.25, -0.2) is 0 Å². The van der Waals surface area contributed by atoms with Crippen molar-refractivity contribution in [1.82, 2.24) is 0 Å². The minimum Gasteiger partial charge on any atom is -0.330 e. The summed E-state index contributed by atoms with van der Waals surface area (Å²) in [7, 11) is 0. The second-order valence-corrected chi connectivity index (χ2v) is 3.48. The highest BCUT2D eigenvalue weighted by molar-refractivity contribution is 5.97. The Morgan fingerprint density at radius 1 is 1.33 bits per heavy atom. The lowest BCUT2D eigenvalue weighted by molar-refractivity contribution is -0.384. The van der Waals surface area contributed by atoms with Gasteiger partial charge in [0.1, 0.15) is 5.84 Å². The molecule has 0 amide bonds. The van der Waals surface area contributed by atoms with Gasteiger partial charge in [-0.05, 0) is 18.6 Å². The smallest absolute Gasteiger partial charge is 0.269 e. The van der Waals surface area contributed by atoms with Crippen LogP contribution in [0, 0.1) is 15.5 Å². The van der Waals surface area contributed by atoms with Crippen LogP contribution < -0.4 is 4.90 Å². The zero-order chi connectivity index (χ0) is 10.8. The molecule has 1 aromatic rings. The molecule has 0 aromatic heterocycles. The predicted octanol–water partition coefficient (Wildman–Crippen LogP) is 2.17. The number of anilines is 1. The second-order valence-electron chi connectivity index (χ2n) is 3.48. The Morgan fingerprint density at radius 2 is 2.00 bits per heavy atom. The molecule has 1 aliphatic heterocycles. The maximum Gasteiger partial charge on any atom is 0.269 e. The molecule has 1 N–H and O–H groups in total. The third-order valence-electron chi connectivity index (χ3n) is 2.49. The van der Waals surface area contributed by atoms with Crippen LogP contribution in [0.4, 0.5) is 11.4 Å². The van der Waals surface area contributed by atoms with Gasteiger partial charge in [0.05, 0.1) is 4.92 Å². The van der Waals surface area contributed by atoms with Crippen LogP contribution in [0.1, 0.15) is 12.8 Å². The summed E-state index contributed by atoms with van der Waals surface area (Å²) in [6, 6.07) is 6.33. The van der Waals surface area contributed by atoms with Gasteiger partial charge in [-0.2, -0.15) is 0 Å². The summed E-state index contributed by atoms with van der Waals surface area (Å²) < 4.78 is 0. The first-order valence-corrected chi connectivity index (χ1v) is 4.78. The number of nitrogens with zero attached hydrogens (tertiary/aromatic N) is 2. The predicted molar refractivity (Wildman–Crippen MR) is 57.4 cm³/mol. The molecule has 78 valence electrons. The highest BCUT2D eigenvalue weighted by Crippen LogP contribution is 2.23. The fourth-order valence-corrected chi connectivity index (χ4v) is 1.71. The van der Waals surface area contributed by atoms with Crippen molar-refractivity contribution in [2.24, 2.45) is 0 Å². The monoisotopic (exact) mass is 205 g/mol. The van der Waals surface area contributed by atoms with Crippen LogP contribution in [0.15, 0.2) is 24.3 Å². The van der Waals surface area contributed by atoms with E-state index in [2.05, 4.69) is 0 Å². The van der Waals surface area contributed by atoms with E-state index in [-0.39, 0.29) is 5.69 Å². The van der Waals surface area contributed by atoms with Crippen molar-refractivity contribution in [3.05, 3.63) is 34.4 Å². The molecule has 1 aliphatic rings. The molecule has 0 atom stereocenters. The molecule has 1 aromatic carbocycles. The van der Waals surface area contributed by atoms with Crippen molar-refractivity contribution >= 4 is 17.2 Å². The van der Waals surface area contributed by atoms with Crippen molar-refractivity contribution in [2.75, 3.05) is 11.4 Å². The van der Waals surface area contributed by atoms with E-state index in [0.717, 1.165) is 25.1 Å². The number of nitro groups is 1. The van der Waals surface area contributed by atoms with Crippen LogP contribution in [0.25, 0.3) is 0 Å². The van der Waals surface area contributed by atoms with Crippen molar-refractivity contribution in [3.63, 3.8) is 0 Å². The Labute approximate surface area is 87.0 Å². The number of nitro benzene ring substituents is 1. The average molecular weight is 205 g/mol. The quantitative estimate of drug-likeness (QED) is 0.594. The summed E-state index contributed by atoms with van der Waals surface area (Å²) in [5, 5.41) is 18.1. The molecule has 0 radical (unpaired) electrons. The van der Waals surface area contributed by atoms with Crippen LogP contribution in [0.2, 0.25) is 0 Å². The normalized spacial score (nSPS) is 15.7. The molecular weight excluding hydrogens is 194 g/mol. The third kappa shape index (κ3) is 1.81.